The van der Waals surface area contributed by atoms with Crippen LogP contribution >= 0.6 is 11.6 Å². The third-order valence-electron chi connectivity index (χ3n) is 2.15. The van der Waals surface area contributed by atoms with Gasteiger partial charge in [0.1, 0.15) is 5.75 Å². The zero-order valence-corrected chi connectivity index (χ0v) is 9.58. The molecule has 0 unspecified atom stereocenters. The van der Waals surface area contributed by atoms with Crippen LogP contribution in [-0.4, -0.2) is 35.4 Å². The van der Waals surface area contributed by atoms with E-state index < -0.39 is 0 Å². The van der Waals surface area contributed by atoms with E-state index in [-0.39, 0.29) is 11.7 Å². The molecule has 1 N–H and O–H groups in total. The lowest BCUT2D eigenvalue weighted by atomic mass is 10.1. The van der Waals surface area contributed by atoms with Crippen molar-refractivity contribution in [3.8, 4) is 5.75 Å². The first-order chi connectivity index (χ1) is 7.06. The molecule has 0 saturated heterocycles. The molecule has 0 aliphatic carbocycles. The Morgan fingerprint density at radius 2 is 2.20 bits per heavy atom. The molecule has 0 atom stereocenters. The Bertz CT molecular complexity index is 366. The van der Waals surface area contributed by atoms with Crippen LogP contribution in [0.3, 0.4) is 0 Å². The summed E-state index contributed by atoms with van der Waals surface area (Å²) in [5.74, 6) is 0.179. The summed E-state index contributed by atoms with van der Waals surface area (Å²) in [4.78, 5) is 13.3. The third-order valence-corrected chi connectivity index (χ3v) is 2.32. The van der Waals surface area contributed by atoms with Crippen molar-refractivity contribution >= 4 is 17.5 Å². The highest BCUT2D eigenvalue weighted by molar-refractivity contribution is 6.18. The molecule has 82 valence electrons. The zero-order valence-electron chi connectivity index (χ0n) is 8.83. The summed E-state index contributed by atoms with van der Waals surface area (Å²) < 4.78 is 0. The normalized spacial score (nSPS) is 10.1. The number of alkyl halides is 1. The molecule has 0 aliphatic heterocycles. The molecule has 3 nitrogen and oxygen atoms in total. The molecule has 0 aliphatic rings. The Morgan fingerprint density at radius 3 is 2.80 bits per heavy atom. The molecule has 15 heavy (non-hydrogen) atoms. The molecule has 0 radical (unpaired) electrons. The van der Waals surface area contributed by atoms with Crippen LogP contribution in [-0.2, 0) is 0 Å². The van der Waals surface area contributed by atoms with E-state index in [0.717, 1.165) is 5.56 Å². The van der Waals surface area contributed by atoms with Crippen LogP contribution in [0.2, 0.25) is 0 Å². The van der Waals surface area contributed by atoms with E-state index in [0.29, 0.717) is 18.0 Å². The predicted molar refractivity (Wildman–Crippen MR) is 60.5 cm³/mol. The Kier molecular flexibility index (Phi) is 3.97. The predicted octanol–water partition coefficient (Wildman–Crippen LogP) is 2.01. The molecular formula is C11H14ClNO2. The van der Waals surface area contributed by atoms with Crippen LogP contribution in [0.1, 0.15) is 15.9 Å². The molecule has 0 aromatic heterocycles. The molecule has 0 fully saturated rings. The second kappa shape index (κ2) is 5.03. The Balaban J connectivity index is 2.95. The number of phenolic OH excluding ortho intramolecular Hbond substituents is 1. The molecule has 0 saturated carbocycles. The van der Waals surface area contributed by atoms with E-state index in [1.54, 1.807) is 19.2 Å². The monoisotopic (exact) mass is 227 g/mol. The van der Waals surface area contributed by atoms with Gasteiger partial charge in [0.05, 0.1) is 5.56 Å². The molecule has 0 spiro atoms. The number of rotatable bonds is 3. The van der Waals surface area contributed by atoms with Gasteiger partial charge in [-0.15, -0.1) is 11.6 Å². The van der Waals surface area contributed by atoms with Crippen molar-refractivity contribution in [2.75, 3.05) is 19.5 Å². The fourth-order valence-electron chi connectivity index (χ4n) is 1.26. The van der Waals surface area contributed by atoms with Gasteiger partial charge in [0, 0.05) is 19.5 Å². The Morgan fingerprint density at radius 1 is 1.53 bits per heavy atom. The summed E-state index contributed by atoms with van der Waals surface area (Å²) in [6.07, 6.45) is 0. The second-order valence-electron chi connectivity index (χ2n) is 3.44. The number of nitrogens with zero attached hydrogens (tertiary/aromatic N) is 1. The first kappa shape index (κ1) is 11.9. The smallest absolute Gasteiger partial charge is 0.257 e. The Labute approximate surface area is 94.3 Å². The number of halogens is 1. The zero-order chi connectivity index (χ0) is 11.4. The summed E-state index contributed by atoms with van der Waals surface area (Å²) in [5, 5.41) is 9.54. The van der Waals surface area contributed by atoms with Crippen molar-refractivity contribution in [1.82, 2.24) is 4.90 Å². The fraction of sp³-hybridized carbons (Fsp3) is 0.364. The minimum Gasteiger partial charge on any atom is -0.507 e. The van der Waals surface area contributed by atoms with Gasteiger partial charge in [-0.1, -0.05) is 11.6 Å². The molecule has 0 heterocycles. The van der Waals surface area contributed by atoms with E-state index in [4.69, 9.17) is 11.6 Å². The third kappa shape index (κ3) is 2.86. The number of carbonyl (C=O) groups excluding carboxylic acids is 1. The maximum Gasteiger partial charge on any atom is 0.257 e. The highest BCUT2D eigenvalue weighted by Gasteiger charge is 2.15. The first-order valence-corrected chi connectivity index (χ1v) is 5.20. The van der Waals surface area contributed by atoms with E-state index >= 15 is 0 Å². The average Bonchev–Trinajstić information content (AvgIpc) is 2.21. The van der Waals surface area contributed by atoms with Crippen LogP contribution in [0, 0.1) is 6.92 Å². The number of carbonyl (C=O) groups is 1. The van der Waals surface area contributed by atoms with Gasteiger partial charge in [-0.05, 0) is 19.1 Å². The molecule has 1 aromatic carbocycles. The first-order valence-electron chi connectivity index (χ1n) is 4.67. The number of amides is 1. The standard InChI is InChI=1S/C11H14ClNO2/c1-8-3-4-10(14)9(7-8)11(15)13(2)6-5-12/h3-4,7,14H,5-6H2,1-2H3. The summed E-state index contributed by atoms with van der Waals surface area (Å²) in [7, 11) is 1.66. The number of benzene rings is 1. The molecular weight excluding hydrogens is 214 g/mol. The SMILES string of the molecule is Cc1ccc(O)c(C(=O)N(C)CCCl)c1. The molecule has 1 rings (SSSR count). The second-order valence-corrected chi connectivity index (χ2v) is 3.81. The van der Waals surface area contributed by atoms with Crippen LogP contribution in [0.5, 0.6) is 5.75 Å². The highest BCUT2D eigenvalue weighted by atomic mass is 35.5. The number of hydrogen-bond donors (Lipinski definition) is 1. The maximum atomic E-state index is 11.8. The van der Waals surface area contributed by atoms with Gasteiger partial charge in [-0.2, -0.15) is 0 Å². The van der Waals surface area contributed by atoms with Gasteiger partial charge in [0.25, 0.3) is 5.91 Å². The number of phenols is 1. The lowest BCUT2D eigenvalue weighted by Crippen LogP contribution is -2.28. The maximum absolute atomic E-state index is 11.8. The van der Waals surface area contributed by atoms with Gasteiger partial charge >= 0.3 is 0 Å². The molecule has 0 bridgehead atoms. The van der Waals surface area contributed by atoms with Crippen molar-refractivity contribution < 1.29 is 9.90 Å². The van der Waals surface area contributed by atoms with Crippen LogP contribution < -0.4 is 0 Å². The van der Waals surface area contributed by atoms with Crippen LogP contribution in [0.25, 0.3) is 0 Å². The van der Waals surface area contributed by atoms with E-state index in [1.165, 1.54) is 11.0 Å². The molecule has 4 heteroatoms. The van der Waals surface area contributed by atoms with Gasteiger partial charge in [0.2, 0.25) is 0 Å². The van der Waals surface area contributed by atoms with Crippen molar-refractivity contribution in [1.29, 1.82) is 0 Å². The van der Waals surface area contributed by atoms with Crippen molar-refractivity contribution in [3.05, 3.63) is 29.3 Å². The van der Waals surface area contributed by atoms with Gasteiger partial charge < -0.3 is 10.0 Å². The lowest BCUT2D eigenvalue weighted by molar-refractivity contribution is 0.0800. The van der Waals surface area contributed by atoms with Crippen molar-refractivity contribution in [3.63, 3.8) is 0 Å². The summed E-state index contributed by atoms with van der Waals surface area (Å²) in [5.41, 5.74) is 1.26. The topological polar surface area (TPSA) is 40.5 Å². The van der Waals surface area contributed by atoms with E-state index in [1.807, 2.05) is 6.92 Å². The van der Waals surface area contributed by atoms with Gasteiger partial charge in [-0.25, -0.2) is 0 Å². The highest BCUT2D eigenvalue weighted by Crippen LogP contribution is 2.19. The van der Waals surface area contributed by atoms with Crippen molar-refractivity contribution in [2.45, 2.75) is 6.92 Å². The number of aryl methyl sites for hydroxylation is 1. The van der Waals surface area contributed by atoms with Crippen molar-refractivity contribution in [2.24, 2.45) is 0 Å². The van der Waals surface area contributed by atoms with E-state index in [2.05, 4.69) is 0 Å². The van der Waals surface area contributed by atoms with Gasteiger partial charge in [-0.3, -0.25) is 4.79 Å². The molecule has 1 amide bonds. The summed E-state index contributed by atoms with van der Waals surface area (Å²) in [6.45, 7) is 2.34. The summed E-state index contributed by atoms with van der Waals surface area (Å²) >= 11 is 5.54. The fourth-order valence-corrected chi connectivity index (χ4v) is 1.51. The minimum atomic E-state index is -0.211. The van der Waals surface area contributed by atoms with E-state index in [9.17, 15) is 9.90 Å². The Hall–Kier alpha value is -1.22. The van der Waals surface area contributed by atoms with Crippen LogP contribution in [0.4, 0.5) is 0 Å². The number of hydrogen-bond acceptors (Lipinski definition) is 2. The summed E-state index contributed by atoms with van der Waals surface area (Å²) in [6, 6.07) is 4.95. The quantitative estimate of drug-likeness (QED) is 0.803. The van der Waals surface area contributed by atoms with Gasteiger partial charge in [0.15, 0.2) is 0 Å². The molecule has 1 aromatic rings. The largest absolute Gasteiger partial charge is 0.507 e. The lowest BCUT2D eigenvalue weighted by Gasteiger charge is -2.16. The number of aromatic hydroxyl groups is 1. The minimum absolute atomic E-state index is 0.00650. The van der Waals surface area contributed by atoms with Crippen LogP contribution in [0.15, 0.2) is 18.2 Å². The average molecular weight is 228 g/mol.